The lowest BCUT2D eigenvalue weighted by atomic mass is 9.94. The van der Waals surface area contributed by atoms with Crippen molar-refractivity contribution in [2.24, 2.45) is 0 Å². The van der Waals surface area contributed by atoms with Gasteiger partial charge in [0.15, 0.2) is 0 Å². The molecular formula is C49H35F2N7. The molecule has 0 radical (unpaired) electrons. The maximum Gasteiger partial charge on any atom is 0.131 e. The number of nitrogens with one attached hydrogen (secondary N) is 2. The van der Waals surface area contributed by atoms with Crippen LogP contribution in [-0.2, 0) is 6.54 Å². The Bertz CT molecular complexity index is 2880. The molecule has 0 saturated heterocycles. The molecule has 0 unspecified atom stereocenters. The number of aromatic amines is 2. The first-order valence-electron chi connectivity index (χ1n) is 19.0. The van der Waals surface area contributed by atoms with Gasteiger partial charge in [0.25, 0.3) is 0 Å². The highest BCUT2D eigenvalue weighted by Crippen LogP contribution is 2.44. The van der Waals surface area contributed by atoms with Crippen molar-refractivity contribution in [3.63, 3.8) is 0 Å². The van der Waals surface area contributed by atoms with Gasteiger partial charge in [-0.15, -0.1) is 5.10 Å². The number of nitrogens with zero attached hydrogens (tertiary/aromatic N) is 5. The smallest absolute Gasteiger partial charge is 0.131 e. The van der Waals surface area contributed by atoms with Gasteiger partial charge in [-0.3, -0.25) is 10.2 Å². The summed E-state index contributed by atoms with van der Waals surface area (Å²) in [6.45, 7) is -0.149. The number of anilines is 6. The highest BCUT2D eigenvalue weighted by atomic mass is 19.1. The predicted octanol–water partition coefficient (Wildman–Crippen LogP) is 12.8. The van der Waals surface area contributed by atoms with E-state index in [-0.39, 0.29) is 12.1 Å². The summed E-state index contributed by atoms with van der Waals surface area (Å²) in [6.07, 6.45) is 0. The third-order valence-electron chi connectivity index (χ3n) is 10.5. The molecule has 280 valence electrons. The van der Waals surface area contributed by atoms with Gasteiger partial charge in [0.05, 0.1) is 23.1 Å². The third-order valence-corrected chi connectivity index (χ3v) is 10.5. The summed E-state index contributed by atoms with van der Waals surface area (Å²) < 4.78 is 32.0. The molecule has 0 fully saturated rings. The summed E-state index contributed by atoms with van der Waals surface area (Å²) in [5.74, 6) is -1.28. The molecule has 2 heterocycles. The zero-order valence-corrected chi connectivity index (χ0v) is 31.1. The Morgan fingerprint density at radius 1 is 0.431 bits per heavy atom. The van der Waals surface area contributed by atoms with Crippen molar-refractivity contribution in [1.29, 1.82) is 0 Å². The zero-order chi connectivity index (χ0) is 39.0. The number of para-hydroxylation sites is 4. The average Bonchev–Trinajstić information content (AvgIpc) is 3.68. The molecule has 0 atom stereocenters. The third kappa shape index (κ3) is 6.15. The number of hydrogen-bond donors (Lipinski definition) is 2. The molecule has 0 aliphatic carbocycles. The fraction of sp³-hybridized carbons (Fsp3) is 0.0204. The number of halogens is 2. The fourth-order valence-electron chi connectivity index (χ4n) is 7.79. The van der Waals surface area contributed by atoms with Gasteiger partial charge >= 0.3 is 0 Å². The molecule has 0 spiro atoms. The molecule has 58 heavy (non-hydrogen) atoms. The first kappa shape index (κ1) is 34.7. The molecule has 2 N–H and O–H groups in total. The van der Waals surface area contributed by atoms with Crippen molar-refractivity contribution in [3.8, 4) is 22.3 Å². The van der Waals surface area contributed by atoms with Gasteiger partial charge in [0.2, 0.25) is 0 Å². The summed E-state index contributed by atoms with van der Waals surface area (Å²) in [5.41, 5.74) is 12.4. The van der Waals surface area contributed by atoms with Gasteiger partial charge in [-0.1, -0.05) is 108 Å². The molecule has 10 rings (SSSR count). The molecule has 2 aromatic heterocycles. The summed E-state index contributed by atoms with van der Waals surface area (Å²) in [4.78, 5) is 4.41. The van der Waals surface area contributed by atoms with E-state index >= 15 is 8.78 Å². The van der Waals surface area contributed by atoms with Crippen LogP contribution in [0.5, 0.6) is 0 Å². The Balaban J connectivity index is 1.12. The molecule has 0 amide bonds. The topological polar surface area (TPSA) is 68.8 Å². The van der Waals surface area contributed by atoms with Crippen LogP contribution in [0, 0.1) is 11.6 Å². The lowest BCUT2D eigenvalue weighted by molar-refractivity contribution is 0.532. The fourth-order valence-corrected chi connectivity index (χ4v) is 7.79. The van der Waals surface area contributed by atoms with Crippen LogP contribution in [0.2, 0.25) is 0 Å². The minimum absolute atomic E-state index is 0.0847. The number of fused-ring (bicyclic) bond motifs is 2. The van der Waals surface area contributed by atoms with Crippen molar-refractivity contribution < 1.29 is 8.78 Å². The molecule has 0 aliphatic rings. The number of hydrogen-bond acceptors (Lipinski definition) is 4. The van der Waals surface area contributed by atoms with E-state index in [0.717, 1.165) is 67.4 Å². The SMILES string of the molecule is Fc1cccc(F)c1Cn1nnc2c(-c3ccc(N(c4ccccc4)c4ccccc4)cc3)c3[nH][nH]c3c(-c3ccc(N(c4ccccc4)c4ccccc4)cc3)c21. The summed E-state index contributed by atoms with van der Waals surface area (Å²) in [7, 11) is 0. The van der Waals surface area contributed by atoms with Crippen molar-refractivity contribution >= 4 is 56.2 Å². The highest BCUT2D eigenvalue weighted by molar-refractivity contribution is 6.17. The number of H-pyrrole nitrogens is 2. The lowest BCUT2D eigenvalue weighted by Crippen LogP contribution is -2.10. The van der Waals surface area contributed by atoms with Gasteiger partial charge in [0.1, 0.15) is 17.2 Å². The molecule has 7 nitrogen and oxygen atoms in total. The van der Waals surface area contributed by atoms with Crippen LogP contribution >= 0.6 is 0 Å². The maximum atomic E-state index is 15.2. The quantitative estimate of drug-likeness (QED) is 0.146. The predicted molar refractivity (Wildman–Crippen MR) is 229 cm³/mol. The van der Waals surface area contributed by atoms with E-state index in [2.05, 4.69) is 122 Å². The Labute approximate surface area is 333 Å². The molecular weight excluding hydrogens is 725 g/mol. The van der Waals surface area contributed by atoms with Crippen LogP contribution in [0.4, 0.5) is 42.9 Å². The van der Waals surface area contributed by atoms with Gasteiger partial charge < -0.3 is 9.80 Å². The Hall–Kier alpha value is -7.78. The van der Waals surface area contributed by atoms with Crippen molar-refractivity contribution in [2.75, 3.05) is 9.80 Å². The summed E-state index contributed by atoms with van der Waals surface area (Å²) in [6, 6.07) is 61.5. The van der Waals surface area contributed by atoms with Crippen molar-refractivity contribution in [2.45, 2.75) is 6.54 Å². The van der Waals surface area contributed by atoms with Crippen LogP contribution in [0.25, 0.3) is 44.3 Å². The molecule has 0 saturated carbocycles. The molecule has 10 aromatic rings. The lowest BCUT2D eigenvalue weighted by Gasteiger charge is -2.26. The number of rotatable bonds is 10. The van der Waals surface area contributed by atoms with Crippen LogP contribution in [0.15, 0.2) is 188 Å². The first-order chi connectivity index (χ1) is 28.6. The van der Waals surface area contributed by atoms with E-state index < -0.39 is 11.6 Å². The highest BCUT2D eigenvalue weighted by Gasteiger charge is 2.26. The van der Waals surface area contributed by atoms with Crippen molar-refractivity contribution in [3.05, 3.63) is 205 Å². The van der Waals surface area contributed by atoms with Crippen molar-refractivity contribution in [1.82, 2.24) is 25.2 Å². The van der Waals surface area contributed by atoms with Gasteiger partial charge in [0, 0.05) is 50.8 Å². The first-order valence-corrected chi connectivity index (χ1v) is 19.0. The van der Waals surface area contributed by atoms with E-state index in [9.17, 15) is 0 Å². The Morgan fingerprint density at radius 2 is 0.810 bits per heavy atom. The molecule has 0 bridgehead atoms. The number of benzene rings is 8. The second kappa shape index (κ2) is 14.7. The summed E-state index contributed by atoms with van der Waals surface area (Å²) >= 11 is 0. The second-order valence-electron chi connectivity index (χ2n) is 14.0. The van der Waals surface area contributed by atoms with Crippen LogP contribution in [0.3, 0.4) is 0 Å². The zero-order valence-electron chi connectivity index (χ0n) is 31.1. The molecule has 8 aromatic carbocycles. The number of aromatic nitrogens is 5. The van der Waals surface area contributed by atoms with E-state index in [1.54, 1.807) is 4.68 Å². The van der Waals surface area contributed by atoms with Crippen LogP contribution in [0.1, 0.15) is 5.56 Å². The van der Waals surface area contributed by atoms with E-state index in [4.69, 9.17) is 5.10 Å². The standard InChI is InChI=1S/C49H35F2N7/c50-42-22-13-23-43(51)41(42)32-56-49-45(34-26-30-40(31-27-34)58(37-18-9-3-10-19-37)38-20-11-4-12-21-38)47-46(52-53-47)44(48(49)54-55-56)33-24-28-39(29-25-33)57(35-14-5-1-6-15-35)36-16-7-2-8-17-36/h1-31,52-53H,32H2. The van der Waals surface area contributed by atoms with Gasteiger partial charge in [-0.05, 0) is 96.1 Å². The van der Waals surface area contributed by atoms with Gasteiger partial charge in [-0.25, -0.2) is 13.5 Å². The summed E-state index contributed by atoms with van der Waals surface area (Å²) in [5, 5.41) is 16.0. The van der Waals surface area contributed by atoms with Gasteiger partial charge in [-0.2, -0.15) is 0 Å². The maximum absolute atomic E-state index is 15.2. The molecule has 9 heteroatoms. The largest absolute Gasteiger partial charge is 0.311 e. The molecule has 0 aliphatic heterocycles. The minimum atomic E-state index is -0.641. The Kier molecular flexibility index (Phi) is 8.80. The monoisotopic (exact) mass is 759 g/mol. The normalized spacial score (nSPS) is 11.3. The minimum Gasteiger partial charge on any atom is -0.311 e. The van der Waals surface area contributed by atoms with E-state index in [1.807, 2.05) is 72.8 Å². The van der Waals surface area contributed by atoms with E-state index in [0.29, 0.717) is 11.0 Å². The second-order valence-corrected chi connectivity index (χ2v) is 14.0. The van der Waals surface area contributed by atoms with Crippen LogP contribution < -0.4 is 9.80 Å². The Morgan fingerprint density at radius 3 is 1.22 bits per heavy atom. The van der Waals surface area contributed by atoms with Crippen LogP contribution in [-0.4, -0.2) is 25.2 Å². The van der Waals surface area contributed by atoms with E-state index in [1.165, 1.54) is 18.2 Å². The average molecular weight is 760 g/mol.